The van der Waals surface area contributed by atoms with E-state index in [-0.39, 0.29) is 11.9 Å². The summed E-state index contributed by atoms with van der Waals surface area (Å²) in [6.45, 7) is 1.94. The van der Waals surface area contributed by atoms with Gasteiger partial charge in [0.2, 0.25) is 0 Å². The van der Waals surface area contributed by atoms with Crippen molar-refractivity contribution in [1.29, 1.82) is 0 Å². The number of nitrogens with zero attached hydrogens (tertiary/aromatic N) is 1. The number of rotatable bonds is 5. The van der Waals surface area contributed by atoms with E-state index in [2.05, 4.69) is 5.32 Å². The third kappa shape index (κ3) is 4.80. The van der Waals surface area contributed by atoms with Gasteiger partial charge in [0, 0.05) is 36.3 Å². The Kier molecular flexibility index (Phi) is 5.46. The topological polar surface area (TPSA) is 24.5 Å². The number of thiophene rings is 1. The van der Waals surface area contributed by atoms with Crippen LogP contribution >= 0.6 is 22.9 Å². The Morgan fingerprint density at radius 2 is 2.12 bits per heavy atom. The molecule has 0 unspecified atom stereocenters. The Hall–Kier alpha value is -1.44. The maximum atomic E-state index is 13.3. The third-order valence-electron chi connectivity index (χ3n) is 4.02. The molecule has 1 aliphatic heterocycles. The first-order valence-electron chi connectivity index (χ1n) is 7.86. The molecular formula is C17H18ClF3N2OS. The number of benzene rings is 1. The van der Waals surface area contributed by atoms with Crippen LogP contribution in [0.2, 0.25) is 4.34 Å². The number of anilines is 1. The Morgan fingerprint density at radius 3 is 2.72 bits per heavy atom. The Balaban J connectivity index is 1.77. The molecule has 0 aliphatic carbocycles. The van der Waals surface area contributed by atoms with Crippen molar-refractivity contribution in [1.82, 2.24) is 4.90 Å². The standard InChI is InChI=1S/C17H18ClF3N2OS/c1-23-7-6-12(10-23)24-15-8-11(2-4-14(15)17(19,20)21)22-9-13-3-5-16(18)25-13/h2-5,8,12,22H,6-7,9-10H2,1H3/t12-/m0/s1. The summed E-state index contributed by atoms with van der Waals surface area (Å²) in [7, 11) is 1.93. The Bertz CT molecular complexity index is 735. The van der Waals surface area contributed by atoms with Crippen LogP contribution in [0.3, 0.4) is 0 Å². The van der Waals surface area contributed by atoms with E-state index in [4.69, 9.17) is 16.3 Å². The van der Waals surface area contributed by atoms with Crippen molar-refractivity contribution < 1.29 is 17.9 Å². The molecule has 1 aromatic heterocycles. The van der Waals surface area contributed by atoms with Gasteiger partial charge in [-0.2, -0.15) is 13.2 Å². The van der Waals surface area contributed by atoms with Gasteiger partial charge in [-0.1, -0.05) is 11.6 Å². The summed E-state index contributed by atoms with van der Waals surface area (Å²) in [5, 5.41) is 3.12. The van der Waals surface area contributed by atoms with Crippen LogP contribution in [0.4, 0.5) is 18.9 Å². The van der Waals surface area contributed by atoms with Gasteiger partial charge in [-0.25, -0.2) is 0 Å². The second kappa shape index (κ2) is 7.43. The van der Waals surface area contributed by atoms with E-state index in [1.165, 1.54) is 23.5 Å². The second-order valence-corrected chi connectivity index (χ2v) is 7.86. The van der Waals surface area contributed by atoms with Crippen LogP contribution in [0.5, 0.6) is 5.75 Å². The molecular weight excluding hydrogens is 373 g/mol. The van der Waals surface area contributed by atoms with Gasteiger partial charge >= 0.3 is 6.18 Å². The number of hydrogen-bond acceptors (Lipinski definition) is 4. The lowest BCUT2D eigenvalue weighted by Crippen LogP contribution is -2.22. The zero-order valence-electron chi connectivity index (χ0n) is 13.6. The highest BCUT2D eigenvalue weighted by atomic mass is 35.5. The van der Waals surface area contributed by atoms with Gasteiger partial charge in [-0.15, -0.1) is 11.3 Å². The number of halogens is 4. The number of ether oxygens (including phenoxy) is 1. The molecule has 25 heavy (non-hydrogen) atoms. The highest BCUT2D eigenvalue weighted by molar-refractivity contribution is 7.16. The van der Waals surface area contributed by atoms with E-state index in [0.29, 0.717) is 23.1 Å². The number of hydrogen-bond donors (Lipinski definition) is 1. The lowest BCUT2D eigenvalue weighted by atomic mass is 10.1. The van der Waals surface area contributed by atoms with Gasteiger partial charge in [-0.3, -0.25) is 0 Å². The molecule has 1 atom stereocenters. The van der Waals surface area contributed by atoms with Gasteiger partial charge in [0.05, 0.1) is 9.90 Å². The summed E-state index contributed by atoms with van der Waals surface area (Å²) < 4.78 is 46.1. The molecule has 136 valence electrons. The Labute approximate surface area is 153 Å². The van der Waals surface area contributed by atoms with E-state index in [0.717, 1.165) is 23.9 Å². The van der Waals surface area contributed by atoms with E-state index >= 15 is 0 Å². The summed E-state index contributed by atoms with van der Waals surface area (Å²) in [4.78, 5) is 3.05. The lowest BCUT2D eigenvalue weighted by molar-refractivity contribution is -0.139. The summed E-state index contributed by atoms with van der Waals surface area (Å²) in [6.07, 6.45) is -3.95. The van der Waals surface area contributed by atoms with Gasteiger partial charge < -0.3 is 15.0 Å². The van der Waals surface area contributed by atoms with Crippen molar-refractivity contribution in [3.8, 4) is 5.75 Å². The first-order chi connectivity index (χ1) is 11.8. The minimum atomic E-state index is -4.44. The average molecular weight is 391 g/mol. The molecule has 0 spiro atoms. The fourth-order valence-corrected chi connectivity index (χ4v) is 3.80. The normalized spacial score (nSPS) is 18.5. The third-order valence-corrected chi connectivity index (χ3v) is 5.26. The van der Waals surface area contributed by atoms with Gasteiger partial charge in [-0.05, 0) is 37.7 Å². The van der Waals surface area contributed by atoms with Crippen LogP contribution in [0.15, 0.2) is 30.3 Å². The van der Waals surface area contributed by atoms with Crippen molar-refractivity contribution in [3.05, 3.63) is 45.1 Å². The van der Waals surface area contributed by atoms with Crippen LogP contribution in [-0.4, -0.2) is 31.1 Å². The van der Waals surface area contributed by atoms with E-state index < -0.39 is 11.7 Å². The van der Waals surface area contributed by atoms with Crippen molar-refractivity contribution >= 4 is 28.6 Å². The van der Waals surface area contributed by atoms with Crippen LogP contribution in [0.1, 0.15) is 16.9 Å². The molecule has 0 radical (unpaired) electrons. The summed E-state index contributed by atoms with van der Waals surface area (Å²) in [5.74, 6) is -0.123. The summed E-state index contributed by atoms with van der Waals surface area (Å²) in [5.41, 5.74) is -0.161. The van der Waals surface area contributed by atoms with Crippen LogP contribution in [0.25, 0.3) is 0 Å². The molecule has 1 fully saturated rings. The van der Waals surface area contributed by atoms with E-state index in [9.17, 15) is 13.2 Å². The smallest absolute Gasteiger partial charge is 0.419 e. The molecule has 3 nitrogen and oxygen atoms in total. The lowest BCUT2D eigenvalue weighted by Gasteiger charge is -2.19. The zero-order chi connectivity index (χ0) is 18.0. The predicted octanol–water partition coefficient (Wildman–Crippen LogP) is 5.12. The van der Waals surface area contributed by atoms with Gasteiger partial charge in [0.1, 0.15) is 11.9 Å². The molecule has 1 N–H and O–H groups in total. The molecule has 1 saturated heterocycles. The van der Waals surface area contributed by atoms with Gasteiger partial charge in [0.25, 0.3) is 0 Å². The van der Waals surface area contributed by atoms with Crippen molar-refractivity contribution in [2.45, 2.75) is 25.2 Å². The zero-order valence-corrected chi connectivity index (χ0v) is 15.1. The minimum absolute atomic E-state index is 0.123. The maximum absolute atomic E-state index is 13.3. The van der Waals surface area contributed by atoms with Crippen molar-refractivity contribution in [2.24, 2.45) is 0 Å². The van der Waals surface area contributed by atoms with Gasteiger partial charge in [0.15, 0.2) is 0 Å². The fourth-order valence-electron chi connectivity index (χ4n) is 2.77. The average Bonchev–Trinajstić information content (AvgIpc) is 3.12. The highest BCUT2D eigenvalue weighted by Gasteiger charge is 2.35. The summed E-state index contributed by atoms with van der Waals surface area (Å²) in [6, 6.07) is 7.59. The highest BCUT2D eigenvalue weighted by Crippen LogP contribution is 2.38. The number of likely N-dealkylation sites (N-methyl/N-ethyl adjacent to an activating group) is 1. The fraction of sp³-hybridized carbons (Fsp3) is 0.412. The first-order valence-corrected chi connectivity index (χ1v) is 9.05. The molecule has 3 rings (SSSR count). The van der Waals surface area contributed by atoms with Crippen LogP contribution in [0, 0.1) is 0 Å². The maximum Gasteiger partial charge on any atom is 0.419 e. The molecule has 2 heterocycles. The van der Waals surface area contributed by atoms with Crippen LogP contribution in [-0.2, 0) is 12.7 Å². The monoisotopic (exact) mass is 390 g/mol. The first kappa shape index (κ1) is 18.4. The SMILES string of the molecule is CN1CC[C@H](Oc2cc(NCc3ccc(Cl)s3)ccc2C(F)(F)F)C1. The molecule has 1 aromatic carbocycles. The second-order valence-electron chi connectivity index (χ2n) is 6.06. The van der Waals surface area contributed by atoms with Crippen molar-refractivity contribution in [2.75, 3.05) is 25.5 Å². The summed E-state index contributed by atoms with van der Waals surface area (Å²) >= 11 is 7.32. The molecule has 8 heteroatoms. The molecule has 0 amide bonds. The largest absolute Gasteiger partial charge is 0.488 e. The molecule has 0 bridgehead atoms. The predicted molar refractivity (Wildman–Crippen MR) is 94.6 cm³/mol. The van der Waals surface area contributed by atoms with E-state index in [1.54, 1.807) is 6.07 Å². The molecule has 0 saturated carbocycles. The molecule has 1 aliphatic rings. The van der Waals surface area contributed by atoms with Crippen LogP contribution < -0.4 is 10.1 Å². The van der Waals surface area contributed by atoms with E-state index in [1.807, 2.05) is 18.0 Å². The van der Waals surface area contributed by atoms with Crippen molar-refractivity contribution in [3.63, 3.8) is 0 Å². The number of nitrogens with one attached hydrogen (secondary N) is 1. The minimum Gasteiger partial charge on any atom is -0.488 e. The number of likely N-dealkylation sites (tertiary alicyclic amines) is 1. The molecule has 2 aromatic rings. The quantitative estimate of drug-likeness (QED) is 0.767. The Morgan fingerprint density at radius 1 is 1.32 bits per heavy atom. The number of alkyl halides is 3.